The first-order chi connectivity index (χ1) is 7.38. The van der Waals surface area contributed by atoms with Crippen LogP contribution in [0.4, 0.5) is 0 Å². The highest BCUT2D eigenvalue weighted by Crippen LogP contribution is 2.19. The summed E-state index contributed by atoms with van der Waals surface area (Å²) in [5.41, 5.74) is 0.399. The first-order valence-corrected chi connectivity index (χ1v) is 4.52. The van der Waals surface area contributed by atoms with Crippen LogP contribution < -0.4 is 4.74 Å². The Hall–Kier alpha value is -2.16. The van der Waals surface area contributed by atoms with Crippen LogP contribution in [0.25, 0.3) is 0 Å². The summed E-state index contributed by atoms with van der Waals surface area (Å²) >= 11 is 0. The summed E-state index contributed by atoms with van der Waals surface area (Å²) in [7, 11) is 0. The molecule has 0 aliphatic heterocycles. The number of carbonyl (C=O) groups excluding carboxylic acids is 1. The van der Waals surface area contributed by atoms with Gasteiger partial charge in [-0.2, -0.15) is 0 Å². The maximum Gasteiger partial charge on any atom is 0.168 e. The average molecular weight is 199 g/mol. The minimum atomic E-state index is 0.399. The van der Waals surface area contributed by atoms with Gasteiger partial charge in [0.2, 0.25) is 0 Å². The number of benzene rings is 1. The summed E-state index contributed by atoms with van der Waals surface area (Å²) in [4.78, 5) is 14.3. The molecule has 1 aromatic carbocycles. The fraction of sp³-hybridized carbons (Fsp3) is 0. The van der Waals surface area contributed by atoms with Crippen molar-refractivity contribution in [3.63, 3.8) is 0 Å². The van der Waals surface area contributed by atoms with Gasteiger partial charge in [0.1, 0.15) is 17.2 Å². The maximum absolute atomic E-state index is 10.4. The van der Waals surface area contributed by atoms with E-state index in [0.717, 1.165) is 5.75 Å². The number of para-hydroxylation sites is 1. The van der Waals surface area contributed by atoms with Gasteiger partial charge in [0.05, 0.1) is 6.20 Å². The van der Waals surface area contributed by atoms with Crippen LogP contribution in [-0.2, 0) is 0 Å². The van der Waals surface area contributed by atoms with Crippen LogP contribution in [-0.4, -0.2) is 11.3 Å². The molecule has 1 heterocycles. The van der Waals surface area contributed by atoms with E-state index in [4.69, 9.17) is 4.74 Å². The largest absolute Gasteiger partial charge is 0.456 e. The molecule has 0 aliphatic rings. The summed E-state index contributed by atoms with van der Waals surface area (Å²) in [5, 5.41) is 0. The topological polar surface area (TPSA) is 39.2 Å². The highest BCUT2D eigenvalue weighted by Gasteiger charge is 1.97. The maximum atomic E-state index is 10.4. The van der Waals surface area contributed by atoms with Crippen molar-refractivity contribution in [1.82, 2.24) is 4.98 Å². The zero-order chi connectivity index (χ0) is 10.5. The molecule has 0 radical (unpaired) electrons. The van der Waals surface area contributed by atoms with Crippen LogP contribution in [0.5, 0.6) is 11.5 Å². The van der Waals surface area contributed by atoms with E-state index in [9.17, 15) is 4.79 Å². The van der Waals surface area contributed by atoms with Gasteiger partial charge in [-0.05, 0) is 24.3 Å². The van der Waals surface area contributed by atoms with E-state index in [1.165, 1.54) is 6.20 Å². The van der Waals surface area contributed by atoms with Crippen molar-refractivity contribution in [3.05, 3.63) is 54.4 Å². The van der Waals surface area contributed by atoms with Gasteiger partial charge < -0.3 is 4.74 Å². The molecule has 0 fully saturated rings. The molecular weight excluding hydrogens is 190 g/mol. The predicted octanol–water partition coefficient (Wildman–Crippen LogP) is 2.69. The lowest BCUT2D eigenvalue weighted by Gasteiger charge is -2.03. The zero-order valence-corrected chi connectivity index (χ0v) is 7.96. The van der Waals surface area contributed by atoms with Gasteiger partial charge in [0.15, 0.2) is 6.29 Å². The summed E-state index contributed by atoms with van der Waals surface area (Å²) < 4.78 is 5.50. The Balaban J connectivity index is 2.15. The van der Waals surface area contributed by atoms with Crippen molar-refractivity contribution in [2.24, 2.45) is 0 Å². The fourth-order valence-electron chi connectivity index (χ4n) is 1.15. The van der Waals surface area contributed by atoms with Crippen LogP contribution in [0.15, 0.2) is 48.7 Å². The Morgan fingerprint density at radius 1 is 1.00 bits per heavy atom. The van der Waals surface area contributed by atoms with Crippen molar-refractivity contribution in [2.45, 2.75) is 0 Å². The number of aldehydes is 1. The van der Waals surface area contributed by atoms with Crippen LogP contribution in [0.1, 0.15) is 10.5 Å². The van der Waals surface area contributed by atoms with Gasteiger partial charge in [0, 0.05) is 0 Å². The molecule has 3 heteroatoms. The third kappa shape index (κ3) is 2.40. The van der Waals surface area contributed by atoms with Crippen molar-refractivity contribution < 1.29 is 9.53 Å². The molecule has 74 valence electrons. The predicted molar refractivity (Wildman–Crippen MR) is 56.1 cm³/mol. The minimum Gasteiger partial charge on any atom is -0.456 e. The van der Waals surface area contributed by atoms with Gasteiger partial charge in [0.25, 0.3) is 0 Å². The highest BCUT2D eigenvalue weighted by molar-refractivity contribution is 5.71. The lowest BCUT2D eigenvalue weighted by molar-refractivity contribution is 0.111. The fourth-order valence-corrected chi connectivity index (χ4v) is 1.15. The third-order valence-electron chi connectivity index (χ3n) is 1.86. The van der Waals surface area contributed by atoms with E-state index in [0.29, 0.717) is 17.7 Å². The van der Waals surface area contributed by atoms with E-state index in [-0.39, 0.29) is 0 Å². The van der Waals surface area contributed by atoms with Gasteiger partial charge in [-0.15, -0.1) is 0 Å². The van der Waals surface area contributed by atoms with Crippen LogP contribution >= 0.6 is 0 Å². The second-order valence-electron chi connectivity index (χ2n) is 2.95. The minimum absolute atomic E-state index is 0.399. The van der Waals surface area contributed by atoms with Crippen molar-refractivity contribution in [3.8, 4) is 11.5 Å². The summed E-state index contributed by atoms with van der Waals surface area (Å²) in [6.45, 7) is 0. The number of hydrogen-bond donors (Lipinski definition) is 0. The lowest BCUT2D eigenvalue weighted by atomic mass is 10.3. The summed E-state index contributed by atoms with van der Waals surface area (Å²) in [5.74, 6) is 1.37. The van der Waals surface area contributed by atoms with E-state index < -0.39 is 0 Å². The number of rotatable bonds is 3. The number of nitrogens with zero attached hydrogens (tertiary/aromatic N) is 1. The van der Waals surface area contributed by atoms with E-state index in [1.807, 2.05) is 30.3 Å². The Labute approximate surface area is 87.3 Å². The standard InChI is InChI=1S/C12H9NO2/c14-9-10-6-7-12(8-13-10)15-11-4-2-1-3-5-11/h1-9H. The molecule has 0 saturated heterocycles. The third-order valence-corrected chi connectivity index (χ3v) is 1.86. The Kier molecular flexibility index (Phi) is 2.74. The number of hydrogen-bond acceptors (Lipinski definition) is 3. The molecule has 0 spiro atoms. The van der Waals surface area contributed by atoms with E-state index in [2.05, 4.69) is 4.98 Å². The quantitative estimate of drug-likeness (QED) is 0.713. The highest BCUT2D eigenvalue weighted by atomic mass is 16.5. The molecule has 2 aromatic rings. The molecule has 0 amide bonds. The molecule has 0 unspecified atom stereocenters. The first-order valence-electron chi connectivity index (χ1n) is 4.52. The number of carbonyl (C=O) groups is 1. The average Bonchev–Trinajstić information content (AvgIpc) is 2.31. The Morgan fingerprint density at radius 2 is 1.80 bits per heavy atom. The zero-order valence-electron chi connectivity index (χ0n) is 7.96. The lowest BCUT2D eigenvalue weighted by Crippen LogP contribution is -1.88. The number of pyridine rings is 1. The number of ether oxygens (including phenoxy) is 1. The molecule has 2 rings (SSSR count). The van der Waals surface area contributed by atoms with Crippen LogP contribution in [0.2, 0.25) is 0 Å². The Morgan fingerprint density at radius 3 is 2.40 bits per heavy atom. The molecular formula is C12H9NO2. The second kappa shape index (κ2) is 4.37. The SMILES string of the molecule is O=Cc1ccc(Oc2ccccc2)cn1. The van der Waals surface area contributed by atoms with Crippen molar-refractivity contribution >= 4 is 6.29 Å². The smallest absolute Gasteiger partial charge is 0.168 e. The van der Waals surface area contributed by atoms with Crippen molar-refractivity contribution in [2.75, 3.05) is 0 Å². The molecule has 0 atom stereocenters. The van der Waals surface area contributed by atoms with Gasteiger partial charge in [-0.25, -0.2) is 4.98 Å². The molecule has 3 nitrogen and oxygen atoms in total. The molecule has 0 aliphatic carbocycles. The summed E-state index contributed by atoms with van der Waals surface area (Å²) in [6.07, 6.45) is 2.23. The van der Waals surface area contributed by atoms with Gasteiger partial charge in [-0.3, -0.25) is 4.79 Å². The number of aromatic nitrogens is 1. The molecule has 0 saturated carbocycles. The second-order valence-corrected chi connectivity index (χ2v) is 2.95. The van der Waals surface area contributed by atoms with Gasteiger partial charge >= 0.3 is 0 Å². The normalized spacial score (nSPS) is 9.60. The van der Waals surface area contributed by atoms with Crippen molar-refractivity contribution in [1.29, 1.82) is 0 Å². The molecule has 0 bridgehead atoms. The molecule has 0 N–H and O–H groups in total. The Bertz CT molecular complexity index is 437. The van der Waals surface area contributed by atoms with E-state index >= 15 is 0 Å². The van der Waals surface area contributed by atoms with Gasteiger partial charge in [-0.1, -0.05) is 18.2 Å². The molecule has 1 aromatic heterocycles. The molecule has 15 heavy (non-hydrogen) atoms. The first kappa shape index (κ1) is 9.40. The van der Waals surface area contributed by atoms with Crippen LogP contribution in [0.3, 0.4) is 0 Å². The van der Waals surface area contributed by atoms with Crippen LogP contribution in [0, 0.1) is 0 Å². The monoisotopic (exact) mass is 199 g/mol. The summed E-state index contributed by atoms with van der Waals surface area (Å²) in [6, 6.07) is 12.7. The van der Waals surface area contributed by atoms with E-state index in [1.54, 1.807) is 12.1 Å².